The Balaban J connectivity index is 1.68. The van der Waals surface area contributed by atoms with E-state index < -0.39 is 0 Å². The fourth-order valence-corrected chi connectivity index (χ4v) is 2.28. The van der Waals surface area contributed by atoms with Crippen molar-refractivity contribution in [2.75, 3.05) is 32.7 Å². The van der Waals surface area contributed by atoms with E-state index in [1.54, 1.807) is 0 Å². The van der Waals surface area contributed by atoms with Crippen molar-refractivity contribution in [1.82, 2.24) is 9.80 Å². The number of nitrogens with zero attached hydrogens (tertiary/aromatic N) is 2. The van der Waals surface area contributed by atoms with Crippen LogP contribution in [0.2, 0.25) is 0 Å². The molecule has 4 nitrogen and oxygen atoms in total. The van der Waals surface area contributed by atoms with Crippen molar-refractivity contribution in [2.24, 2.45) is 0 Å². The third kappa shape index (κ3) is 4.28. The van der Waals surface area contributed by atoms with Gasteiger partial charge in [0.1, 0.15) is 5.60 Å². The predicted molar refractivity (Wildman–Crippen MR) is 66.9 cm³/mol. The largest absolute Gasteiger partial charge is 0.459 e. The average Bonchev–Trinajstić information content (AvgIpc) is 2.99. The molecule has 4 heteroatoms. The van der Waals surface area contributed by atoms with Crippen LogP contribution in [0.4, 0.5) is 0 Å². The maximum absolute atomic E-state index is 11.7. The fourth-order valence-electron chi connectivity index (χ4n) is 2.28. The van der Waals surface area contributed by atoms with Crippen LogP contribution in [-0.2, 0) is 9.53 Å². The molecule has 2 aliphatic rings. The van der Waals surface area contributed by atoms with Gasteiger partial charge in [-0.2, -0.15) is 0 Å². The number of piperazine rings is 1. The van der Waals surface area contributed by atoms with E-state index in [0.717, 1.165) is 32.2 Å². The van der Waals surface area contributed by atoms with Crippen molar-refractivity contribution in [3.8, 4) is 0 Å². The van der Waals surface area contributed by atoms with Crippen molar-refractivity contribution in [1.29, 1.82) is 0 Å². The molecule has 0 N–H and O–H groups in total. The summed E-state index contributed by atoms with van der Waals surface area (Å²) in [6.07, 6.45) is 2.73. The molecule has 1 saturated carbocycles. The van der Waals surface area contributed by atoms with Gasteiger partial charge in [0.15, 0.2) is 0 Å². The Bertz CT molecular complexity index is 274. The quantitative estimate of drug-likeness (QED) is 0.692. The molecule has 1 aliphatic heterocycles. The van der Waals surface area contributed by atoms with Crippen molar-refractivity contribution in [2.45, 2.75) is 45.3 Å². The number of carbonyl (C=O) groups excluding carboxylic acids is 1. The first kappa shape index (κ1) is 12.8. The minimum atomic E-state index is -0.368. The van der Waals surface area contributed by atoms with E-state index >= 15 is 0 Å². The third-order valence-corrected chi connectivity index (χ3v) is 3.24. The summed E-state index contributed by atoms with van der Waals surface area (Å²) in [6, 6.07) is 0.846. The molecule has 0 spiro atoms. The lowest BCUT2D eigenvalue weighted by molar-refractivity contribution is -0.156. The summed E-state index contributed by atoms with van der Waals surface area (Å²) in [5, 5.41) is 0. The van der Waals surface area contributed by atoms with Crippen LogP contribution in [0.5, 0.6) is 0 Å². The minimum Gasteiger partial charge on any atom is -0.459 e. The molecule has 0 aromatic carbocycles. The van der Waals surface area contributed by atoms with Gasteiger partial charge < -0.3 is 4.74 Å². The topological polar surface area (TPSA) is 32.8 Å². The lowest BCUT2D eigenvalue weighted by atomic mass is 10.2. The highest BCUT2D eigenvalue weighted by atomic mass is 16.6. The molecule has 0 bridgehead atoms. The Morgan fingerprint density at radius 2 is 1.76 bits per heavy atom. The minimum absolute atomic E-state index is 0.0997. The molecule has 1 aliphatic carbocycles. The maximum Gasteiger partial charge on any atom is 0.320 e. The Hall–Kier alpha value is -0.610. The summed E-state index contributed by atoms with van der Waals surface area (Å²) in [6.45, 7) is 10.4. The Kier molecular flexibility index (Phi) is 3.73. The second kappa shape index (κ2) is 4.94. The fraction of sp³-hybridized carbons (Fsp3) is 0.923. The van der Waals surface area contributed by atoms with Gasteiger partial charge >= 0.3 is 5.97 Å². The summed E-state index contributed by atoms with van der Waals surface area (Å²) in [4.78, 5) is 16.4. The van der Waals surface area contributed by atoms with Crippen LogP contribution in [0.15, 0.2) is 0 Å². The van der Waals surface area contributed by atoms with Crippen LogP contribution >= 0.6 is 0 Å². The molecule has 98 valence electrons. The number of rotatable bonds is 3. The Morgan fingerprint density at radius 1 is 1.18 bits per heavy atom. The molecule has 2 rings (SSSR count). The standard InChI is InChI=1S/C13H24N2O2/c1-13(2,3)17-12(16)10-14-6-8-15(9-7-14)11-4-5-11/h11H,4-10H2,1-3H3. The lowest BCUT2D eigenvalue weighted by Crippen LogP contribution is -2.49. The van der Waals surface area contributed by atoms with Crippen molar-refractivity contribution in [3.63, 3.8) is 0 Å². The van der Waals surface area contributed by atoms with E-state index in [1.165, 1.54) is 12.8 Å². The summed E-state index contributed by atoms with van der Waals surface area (Å²) < 4.78 is 5.33. The molecular weight excluding hydrogens is 216 g/mol. The maximum atomic E-state index is 11.7. The highest BCUT2D eigenvalue weighted by Crippen LogP contribution is 2.27. The molecule has 2 fully saturated rings. The monoisotopic (exact) mass is 240 g/mol. The molecule has 17 heavy (non-hydrogen) atoms. The Morgan fingerprint density at radius 3 is 2.24 bits per heavy atom. The van der Waals surface area contributed by atoms with Gasteiger partial charge in [0.2, 0.25) is 0 Å². The van der Waals surface area contributed by atoms with Crippen LogP contribution in [0.3, 0.4) is 0 Å². The average molecular weight is 240 g/mol. The van der Waals surface area contributed by atoms with Gasteiger partial charge in [-0.3, -0.25) is 14.6 Å². The molecule has 0 aromatic heterocycles. The van der Waals surface area contributed by atoms with Gasteiger partial charge in [0.25, 0.3) is 0 Å². The molecule has 0 aromatic rings. The van der Waals surface area contributed by atoms with Crippen molar-refractivity contribution < 1.29 is 9.53 Å². The van der Waals surface area contributed by atoms with E-state index in [-0.39, 0.29) is 11.6 Å². The zero-order valence-electron chi connectivity index (χ0n) is 11.2. The van der Waals surface area contributed by atoms with Crippen LogP contribution in [0.1, 0.15) is 33.6 Å². The molecule has 0 radical (unpaired) electrons. The highest BCUT2D eigenvalue weighted by Gasteiger charge is 2.31. The first-order valence-electron chi connectivity index (χ1n) is 6.62. The SMILES string of the molecule is CC(C)(C)OC(=O)CN1CCN(C2CC2)CC1. The number of hydrogen-bond donors (Lipinski definition) is 0. The van der Waals surface area contributed by atoms with E-state index in [9.17, 15) is 4.79 Å². The molecule has 1 saturated heterocycles. The van der Waals surface area contributed by atoms with Gasteiger partial charge in [-0.1, -0.05) is 0 Å². The normalized spacial score (nSPS) is 23.7. The molecular formula is C13H24N2O2. The first-order chi connectivity index (χ1) is 7.94. The van der Waals surface area contributed by atoms with Gasteiger partial charge in [-0.25, -0.2) is 0 Å². The van der Waals surface area contributed by atoms with E-state index in [4.69, 9.17) is 4.74 Å². The summed E-state index contributed by atoms with van der Waals surface area (Å²) in [7, 11) is 0. The molecule has 1 heterocycles. The number of esters is 1. The van der Waals surface area contributed by atoms with Gasteiger partial charge in [-0.05, 0) is 33.6 Å². The lowest BCUT2D eigenvalue weighted by Gasteiger charge is -2.34. The van der Waals surface area contributed by atoms with E-state index in [1.807, 2.05) is 20.8 Å². The zero-order chi connectivity index (χ0) is 12.5. The highest BCUT2D eigenvalue weighted by molar-refractivity contribution is 5.72. The number of hydrogen-bond acceptors (Lipinski definition) is 4. The molecule has 0 amide bonds. The first-order valence-corrected chi connectivity index (χ1v) is 6.62. The zero-order valence-corrected chi connectivity index (χ0v) is 11.2. The summed E-state index contributed by atoms with van der Waals surface area (Å²) >= 11 is 0. The van der Waals surface area contributed by atoms with E-state index in [2.05, 4.69) is 9.80 Å². The van der Waals surface area contributed by atoms with E-state index in [0.29, 0.717) is 6.54 Å². The smallest absolute Gasteiger partial charge is 0.320 e. The summed E-state index contributed by atoms with van der Waals surface area (Å²) in [5.74, 6) is -0.0997. The van der Waals surface area contributed by atoms with Crippen molar-refractivity contribution >= 4 is 5.97 Å². The van der Waals surface area contributed by atoms with Crippen LogP contribution in [-0.4, -0.2) is 60.1 Å². The Labute approximate surface area is 104 Å². The second-order valence-corrected chi connectivity index (χ2v) is 6.13. The van der Waals surface area contributed by atoms with Gasteiger partial charge in [0.05, 0.1) is 6.54 Å². The third-order valence-electron chi connectivity index (χ3n) is 3.24. The van der Waals surface area contributed by atoms with Crippen LogP contribution in [0.25, 0.3) is 0 Å². The van der Waals surface area contributed by atoms with Gasteiger partial charge in [-0.15, -0.1) is 0 Å². The second-order valence-electron chi connectivity index (χ2n) is 6.13. The molecule has 0 unspecified atom stereocenters. The van der Waals surface area contributed by atoms with Crippen molar-refractivity contribution in [3.05, 3.63) is 0 Å². The number of ether oxygens (including phenoxy) is 1. The van der Waals surface area contributed by atoms with Crippen LogP contribution < -0.4 is 0 Å². The van der Waals surface area contributed by atoms with Gasteiger partial charge in [0, 0.05) is 32.2 Å². The van der Waals surface area contributed by atoms with Crippen LogP contribution in [0, 0.1) is 0 Å². The predicted octanol–water partition coefficient (Wildman–Crippen LogP) is 1.11. The summed E-state index contributed by atoms with van der Waals surface area (Å²) in [5.41, 5.74) is -0.368. The molecule has 0 atom stereocenters. The number of carbonyl (C=O) groups is 1.